The first-order valence-corrected chi connectivity index (χ1v) is 17.8. The molecule has 15 heteroatoms. The number of ether oxygens (including phenoxy) is 3. The van der Waals surface area contributed by atoms with E-state index in [1.165, 1.54) is 56.9 Å². The highest BCUT2D eigenvalue weighted by Gasteiger charge is 2.40. The van der Waals surface area contributed by atoms with Gasteiger partial charge in [-0.05, 0) is 73.1 Å². The van der Waals surface area contributed by atoms with Crippen LogP contribution in [0.1, 0.15) is 60.1 Å². The molecule has 0 aliphatic carbocycles. The molecule has 0 amide bonds. The van der Waals surface area contributed by atoms with Crippen LogP contribution in [0.2, 0.25) is 0 Å². The van der Waals surface area contributed by atoms with E-state index >= 15 is 0 Å². The Morgan fingerprint density at radius 2 is 1.85 bits per heavy atom. The summed E-state index contributed by atoms with van der Waals surface area (Å²) in [6.45, 7) is 0.192. The molecule has 0 spiro atoms. The van der Waals surface area contributed by atoms with Crippen molar-refractivity contribution in [3.8, 4) is 17.2 Å². The average Bonchev–Trinajstić information content (AvgIpc) is 3.61. The third kappa shape index (κ3) is 8.32. The van der Waals surface area contributed by atoms with E-state index in [1.807, 2.05) is 0 Å². The van der Waals surface area contributed by atoms with Gasteiger partial charge in [-0.15, -0.1) is 11.6 Å². The van der Waals surface area contributed by atoms with Crippen LogP contribution in [0.4, 0.5) is 22.7 Å². The fourth-order valence-electron chi connectivity index (χ4n) is 5.78. The van der Waals surface area contributed by atoms with Gasteiger partial charge in [0, 0.05) is 29.2 Å². The lowest BCUT2D eigenvalue weighted by atomic mass is 9.86. The van der Waals surface area contributed by atoms with Crippen molar-refractivity contribution in [3.05, 3.63) is 89.5 Å². The number of anilines is 1. The summed E-state index contributed by atoms with van der Waals surface area (Å²) >= 11 is 7.25. The van der Waals surface area contributed by atoms with Crippen LogP contribution in [-0.2, 0) is 16.6 Å². The molecule has 0 saturated heterocycles. The summed E-state index contributed by atoms with van der Waals surface area (Å²) in [5.74, 6) is -0.889. The molecule has 1 aromatic heterocycles. The van der Waals surface area contributed by atoms with Gasteiger partial charge in [0.15, 0.2) is 0 Å². The predicted octanol–water partition coefficient (Wildman–Crippen LogP) is 8.68. The molecule has 1 aliphatic rings. The second-order valence-electron chi connectivity index (χ2n) is 11.4. The first-order chi connectivity index (χ1) is 22.9. The number of fused-ring (bicyclic) bond motifs is 1. The van der Waals surface area contributed by atoms with Gasteiger partial charge in [0.1, 0.15) is 29.4 Å². The van der Waals surface area contributed by atoms with Crippen LogP contribution in [0.5, 0.6) is 17.2 Å². The summed E-state index contributed by atoms with van der Waals surface area (Å²) < 4.78 is 105. The van der Waals surface area contributed by atoms with Crippen LogP contribution < -0.4 is 18.5 Å². The second-order valence-corrected chi connectivity index (χ2v) is 14.5. The molecule has 258 valence electrons. The number of hydrogen-bond donors (Lipinski definition) is 0. The number of hydrogen-bond acceptors (Lipinski definition) is 8. The van der Waals surface area contributed by atoms with Gasteiger partial charge in [0.05, 0.1) is 43.6 Å². The van der Waals surface area contributed by atoms with Crippen molar-refractivity contribution in [1.82, 2.24) is 9.36 Å². The van der Waals surface area contributed by atoms with Crippen molar-refractivity contribution in [2.24, 2.45) is 5.92 Å². The molecule has 8 nitrogen and oxygen atoms in total. The molecule has 0 bridgehead atoms. The Morgan fingerprint density at radius 3 is 2.52 bits per heavy atom. The lowest BCUT2D eigenvalue weighted by Crippen LogP contribution is -2.31. The summed E-state index contributed by atoms with van der Waals surface area (Å²) in [4.78, 5) is 4.12. The molecule has 3 aromatic carbocycles. The minimum Gasteiger partial charge on any atom is -0.497 e. The van der Waals surface area contributed by atoms with Crippen LogP contribution >= 0.6 is 23.1 Å². The molecular weight excluding hydrogens is 694 g/mol. The first kappa shape index (κ1) is 35.7. The zero-order chi connectivity index (χ0) is 34.5. The second kappa shape index (κ2) is 15.3. The number of alkyl halides is 4. The number of nitrogens with zero attached hydrogens (tertiary/aromatic N) is 3. The Labute approximate surface area is 285 Å². The molecule has 0 radical (unpaired) electrons. The van der Waals surface area contributed by atoms with Gasteiger partial charge in [0.2, 0.25) is 5.13 Å². The van der Waals surface area contributed by atoms with Gasteiger partial charge < -0.3 is 14.2 Å². The number of rotatable bonds is 14. The van der Waals surface area contributed by atoms with Gasteiger partial charge in [-0.3, -0.25) is 0 Å². The SMILES string of the molecule is COc1ccc(CN(c2ncns2)S(=O)(=O)c2ccc3c(c2)OCC[C@@H]3CCC[C@H](CC(Cl)c2ccc(F)cc2)C(F)(F)F)c(OC)c1. The average molecular weight is 728 g/mol. The van der Waals surface area contributed by atoms with Gasteiger partial charge >= 0.3 is 6.18 Å². The predicted molar refractivity (Wildman–Crippen MR) is 175 cm³/mol. The molecule has 1 unspecified atom stereocenters. The first-order valence-electron chi connectivity index (χ1n) is 15.1. The summed E-state index contributed by atoms with van der Waals surface area (Å²) in [5.41, 5.74) is 1.75. The molecule has 48 heavy (non-hydrogen) atoms. The summed E-state index contributed by atoms with van der Waals surface area (Å²) in [6, 6.07) is 14.8. The molecule has 0 saturated carbocycles. The van der Waals surface area contributed by atoms with E-state index in [0.717, 1.165) is 21.4 Å². The van der Waals surface area contributed by atoms with Crippen LogP contribution in [-0.4, -0.2) is 44.8 Å². The van der Waals surface area contributed by atoms with Crippen LogP contribution in [0.3, 0.4) is 0 Å². The minimum absolute atomic E-state index is 0.0318. The van der Waals surface area contributed by atoms with Gasteiger partial charge in [-0.1, -0.05) is 24.6 Å². The van der Waals surface area contributed by atoms with E-state index in [-0.39, 0.29) is 41.8 Å². The largest absolute Gasteiger partial charge is 0.497 e. The molecular formula is C33H34ClF4N3O5S2. The van der Waals surface area contributed by atoms with Gasteiger partial charge in [-0.25, -0.2) is 22.1 Å². The molecule has 2 heterocycles. The quantitative estimate of drug-likeness (QED) is 0.0949. The zero-order valence-corrected chi connectivity index (χ0v) is 28.5. The van der Waals surface area contributed by atoms with Crippen molar-refractivity contribution < 1.29 is 40.2 Å². The van der Waals surface area contributed by atoms with Crippen molar-refractivity contribution in [2.45, 2.75) is 61.0 Å². The Kier molecular flexibility index (Phi) is 11.4. The highest BCUT2D eigenvalue weighted by Crippen LogP contribution is 2.43. The Morgan fingerprint density at radius 1 is 1.08 bits per heavy atom. The maximum absolute atomic E-state index is 14.1. The fraction of sp³-hybridized carbons (Fsp3) is 0.394. The van der Waals surface area contributed by atoms with Crippen molar-refractivity contribution in [1.29, 1.82) is 0 Å². The molecule has 0 N–H and O–H groups in total. The third-order valence-electron chi connectivity index (χ3n) is 8.40. The lowest BCUT2D eigenvalue weighted by Gasteiger charge is -2.28. The molecule has 1 aliphatic heterocycles. The van der Waals surface area contributed by atoms with Crippen LogP contribution in [0.15, 0.2) is 71.9 Å². The zero-order valence-electron chi connectivity index (χ0n) is 26.1. The van der Waals surface area contributed by atoms with Crippen molar-refractivity contribution in [3.63, 3.8) is 0 Å². The van der Waals surface area contributed by atoms with E-state index in [4.69, 9.17) is 25.8 Å². The van der Waals surface area contributed by atoms with Crippen LogP contribution in [0.25, 0.3) is 0 Å². The maximum Gasteiger partial charge on any atom is 0.391 e. The van der Waals surface area contributed by atoms with E-state index < -0.39 is 33.3 Å². The minimum atomic E-state index is -4.45. The molecule has 5 rings (SSSR count). The monoisotopic (exact) mass is 727 g/mol. The molecule has 0 fully saturated rings. The van der Waals surface area contributed by atoms with Gasteiger partial charge in [-0.2, -0.15) is 17.5 Å². The maximum atomic E-state index is 14.1. The van der Waals surface area contributed by atoms with Crippen molar-refractivity contribution >= 4 is 38.3 Å². The number of sulfonamides is 1. The third-order valence-corrected chi connectivity index (χ3v) is 11.4. The highest BCUT2D eigenvalue weighted by atomic mass is 35.5. The summed E-state index contributed by atoms with van der Waals surface area (Å²) in [6.07, 6.45) is -2.32. The number of benzene rings is 3. The van der Waals surface area contributed by atoms with E-state index in [2.05, 4.69) is 9.36 Å². The lowest BCUT2D eigenvalue weighted by molar-refractivity contribution is -0.178. The number of halogens is 5. The summed E-state index contributed by atoms with van der Waals surface area (Å²) in [5, 5.41) is -0.755. The van der Waals surface area contributed by atoms with E-state index in [9.17, 15) is 26.0 Å². The Hall–Kier alpha value is -3.62. The summed E-state index contributed by atoms with van der Waals surface area (Å²) in [7, 11) is -1.19. The topological polar surface area (TPSA) is 90.9 Å². The van der Waals surface area contributed by atoms with E-state index in [0.29, 0.717) is 47.8 Å². The Bertz CT molecular complexity index is 1780. The van der Waals surface area contributed by atoms with Crippen LogP contribution in [0, 0.1) is 11.7 Å². The normalized spacial score (nSPS) is 16.0. The smallest absolute Gasteiger partial charge is 0.391 e. The molecule has 4 aromatic rings. The Balaban J connectivity index is 1.31. The molecule has 3 atom stereocenters. The van der Waals surface area contributed by atoms with Crippen molar-refractivity contribution in [2.75, 3.05) is 25.1 Å². The number of aromatic nitrogens is 2. The highest BCUT2D eigenvalue weighted by molar-refractivity contribution is 7.93. The van der Waals surface area contributed by atoms with Gasteiger partial charge in [0.25, 0.3) is 10.0 Å². The fourth-order valence-corrected chi connectivity index (χ4v) is 8.29. The van der Waals surface area contributed by atoms with E-state index in [1.54, 1.807) is 24.3 Å². The number of methoxy groups -OCH3 is 2. The standard InChI is InChI=1S/C33H34ClF4N3O5S2/c1-44-26-11-8-23(30(17-26)45-2)19-41(32-39-20-40-47-32)48(42,43)27-12-13-28-21(14-15-46-31(28)18-27)4-3-5-24(33(36,37)38)16-29(34)22-6-9-25(35)10-7-22/h6-13,17-18,20-21,24,29H,3-5,14-16,19H2,1-2H3/t21-,24+,29?/m0/s1.